The lowest BCUT2D eigenvalue weighted by molar-refractivity contribution is -0.384. The maximum absolute atomic E-state index is 14.1. The van der Waals surface area contributed by atoms with Crippen molar-refractivity contribution in [3.05, 3.63) is 63.7 Å². The monoisotopic (exact) mass is 308 g/mol. The van der Waals surface area contributed by atoms with Gasteiger partial charge in [-0.25, -0.2) is 13.6 Å². The zero-order chi connectivity index (χ0) is 16.3. The van der Waals surface area contributed by atoms with Gasteiger partial charge in [0.25, 0.3) is 5.69 Å². The summed E-state index contributed by atoms with van der Waals surface area (Å²) in [4.78, 5) is 21.5. The fourth-order valence-electron chi connectivity index (χ4n) is 1.80. The number of methoxy groups -OCH3 is 1. The third kappa shape index (κ3) is 2.85. The van der Waals surface area contributed by atoms with Gasteiger partial charge in [-0.1, -0.05) is 18.2 Å². The average Bonchev–Trinajstić information content (AvgIpc) is 2.52. The summed E-state index contributed by atoms with van der Waals surface area (Å²) in [6, 6.07) is 8.60. The van der Waals surface area contributed by atoms with Gasteiger partial charge in [0.05, 0.1) is 12.0 Å². The normalized spacial score (nSPS) is 10.1. The van der Waals surface area contributed by atoms with E-state index in [1.165, 1.54) is 12.1 Å². The molecule has 0 saturated heterocycles. The first-order valence-corrected chi connectivity index (χ1v) is 6.02. The minimum absolute atomic E-state index is 0.328. The Hall–Kier alpha value is -3.03. The maximum atomic E-state index is 14.1. The van der Waals surface area contributed by atoms with Gasteiger partial charge in [0, 0.05) is 11.8 Å². The Labute approximate surface area is 123 Å². The number of hydrogen-bond donors (Lipinski definition) is 1. The number of rotatable bonds is 4. The summed E-state index contributed by atoms with van der Waals surface area (Å²) in [6.45, 7) is 0. The molecule has 0 spiro atoms. The maximum Gasteiger partial charge on any atom is 0.341 e. The Morgan fingerprint density at radius 2 is 1.86 bits per heavy atom. The van der Waals surface area contributed by atoms with E-state index in [0.717, 1.165) is 7.11 Å². The molecule has 114 valence electrons. The number of nitro benzene ring substituents is 1. The highest BCUT2D eigenvalue weighted by Gasteiger charge is 2.28. The van der Waals surface area contributed by atoms with Crippen LogP contribution in [0.1, 0.15) is 10.4 Å². The molecular formula is C14H10F2N2O4. The Morgan fingerprint density at radius 3 is 2.41 bits per heavy atom. The predicted octanol–water partition coefficient (Wildman–Crippen LogP) is 3.40. The number of benzene rings is 2. The van der Waals surface area contributed by atoms with Crippen LogP contribution in [-0.2, 0) is 4.74 Å². The lowest BCUT2D eigenvalue weighted by Gasteiger charge is -2.10. The molecule has 2 aromatic rings. The van der Waals surface area contributed by atoms with Crippen molar-refractivity contribution < 1.29 is 23.2 Å². The van der Waals surface area contributed by atoms with Gasteiger partial charge in [0.15, 0.2) is 17.3 Å². The highest BCUT2D eigenvalue weighted by molar-refractivity contribution is 5.92. The Morgan fingerprint density at radius 1 is 1.23 bits per heavy atom. The third-order valence-electron chi connectivity index (χ3n) is 2.83. The van der Waals surface area contributed by atoms with Crippen LogP contribution in [0.25, 0.3) is 0 Å². The zero-order valence-electron chi connectivity index (χ0n) is 11.3. The van der Waals surface area contributed by atoms with E-state index in [4.69, 9.17) is 0 Å². The van der Waals surface area contributed by atoms with Crippen molar-refractivity contribution in [1.82, 2.24) is 0 Å². The molecule has 0 aliphatic rings. The van der Waals surface area contributed by atoms with Crippen LogP contribution >= 0.6 is 0 Å². The lowest BCUT2D eigenvalue weighted by atomic mass is 10.1. The standard InChI is InChI=1S/C14H10F2N2O4/c1-22-14(19)9-7-10(18(20)21)13(12(16)11(9)15)17-8-5-3-2-4-6-8/h2-7,17H,1H3. The van der Waals surface area contributed by atoms with Crippen LogP contribution in [0.4, 0.5) is 25.8 Å². The fraction of sp³-hybridized carbons (Fsp3) is 0.0714. The van der Waals surface area contributed by atoms with Crippen molar-refractivity contribution in [3.63, 3.8) is 0 Å². The highest BCUT2D eigenvalue weighted by atomic mass is 19.2. The number of nitro groups is 1. The Kier molecular flexibility index (Phi) is 4.31. The number of para-hydroxylation sites is 1. The van der Waals surface area contributed by atoms with Gasteiger partial charge in [0.1, 0.15) is 5.56 Å². The SMILES string of the molecule is COC(=O)c1cc([N+](=O)[O-])c(Nc2ccccc2)c(F)c1F. The van der Waals surface area contributed by atoms with Gasteiger partial charge in [-0.3, -0.25) is 10.1 Å². The summed E-state index contributed by atoms with van der Waals surface area (Å²) in [5.41, 5.74) is -1.95. The van der Waals surface area contributed by atoms with Crippen molar-refractivity contribution in [3.8, 4) is 0 Å². The number of carbonyl (C=O) groups excluding carboxylic acids is 1. The second kappa shape index (κ2) is 6.17. The van der Waals surface area contributed by atoms with E-state index in [9.17, 15) is 23.7 Å². The van der Waals surface area contributed by atoms with Gasteiger partial charge in [0.2, 0.25) is 0 Å². The summed E-state index contributed by atoms with van der Waals surface area (Å²) in [5.74, 6) is -4.25. The van der Waals surface area contributed by atoms with Gasteiger partial charge >= 0.3 is 5.97 Å². The van der Waals surface area contributed by atoms with Gasteiger partial charge in [-0.05, 0) is 12.1 Å². The molecule has 0 aliphatic heterocycles. The van der Waals surface area contributed by atoms with Crippen LogP contribution in [0.2, 0.25) is 0 Å². The molecule has 8 heteroatoms. The summed E-state index contributed by atoms with van der Waals surface area (Å²) >= 11 is 0. The number of halogens is 2. The Bertz CT molecular complexity index is 735. The smallest absolute Gasteiger partial charge is 0.341 e. The topological polar surface area (TPSA) is 81.5 Å². The molecule has 0 aromatic heterocycles. The van der Waals surface area contributed by atoms with Crippen LogP contribution in [-0.4, -0.2) is 18.0 Å². The molecule has 2 aromatic carbocycles. The van der Waals surface area contributed by atoms with Crippen LogP contribution < -0.4 is 5.32 Å². The van der Waals surface area contributed by atoms with Crippen molar-refractivity contribution in [2.24, 2.45) is 0 Å². The van der Waals surface area contributed by atoms with Crippen molar-refractivity contribution in [2.45, 2.75) is 0 Å². The minimum atomic E-state index is -1.53. The first-order valence-electron chi connectivity index (χ1n) is 6.02. The molecule has 6 nitrogen and oxygen atoms in total. The molecule has 0 atom stereocenters. The largest absolute Gasteiger partial charge is 0.465 e. The van der Waals surface area contributed by atoms with E-state index in [-0.39, 0.29) is 0 Å². The number of carbonyl (C=O) groups is 1. The highest BCUT2D eigenvalue weighted by Crippen LogP contribution is 2.34. The molecule has 1 N–H and O–H groups in total. The van der Waals surface area contributed by atoms with E-state index in [2.05, 4.69) is 10.1 Å². The first-order chi connectivity index (χ1) is 10.5. The van der Waals surface area contributed by atoms with Crippen molar-refractivity contribution in [2.75, 3.05) is 12.4 Å². The van der Waals surface area contributed by atoms with E-state index in [1.807, 2.05) is 0 Å². The molecule has 2 rings (SSSR count). The zero-order valence-corrected chi connectivity index (χ0v) is 11.3. The molecule has 0 aliphatic carbocycles. The second-order valence-electron chi connectivity index (χ2n) is 4.19. The molecule has 0 radical (unpaired) electrons. The molecule has 0 heterocycles. The molecule has 0 bridgehead atoms. The third-order valence-corrected chi connectivity index (χ3v) is 2.83. The average molecular weight is 308 g/mol. The number of hydrogen-bond acceptors (Lipinski definition) is 5. The van der Waals surface area contributed by atoms with Crippen LogP contribution in [0, 0.1) is 21.7 Å². The number of ether oxygens (including phenoxy) is 1. The molecule has 0 fully saturated rings. The predicted molar refractivity (Wildman–Crippen MR) is 74.1 cm³/mol. The minimum Gasteiger partial charge on any atom is -0.465 e. The van der Waals surface area contributed by atoms with Crippen molar-refractivity contribution in [1.29, 1.82) is 0 Å². The first kappa shape index (κ1) is 15.4. The number of nitrogens with one attached hydrogen (secondary N) is 1. The molecular weight excluding hydrogens is 298 g/mol. The van der Waals surface area contributed by atoms with Crippen LogP contribution in [0.3, 0.4) is 0 Å². The van der Waals surface area contributed by atoms with Crippen LogP contribution in [0.5, 0.6) is 0 Å². The van der Waals surface area contributed by atoms with E-state index >= 15 is 0 Å². The number of anilines is 2. The van der Waals surface area contributed by atoms with Gasteiger partial charge in [-0.2, -0.15) is 0 Å². The molecule has 0 amide bonds. The second-order valence-corrected chi connectivity index (χ2v) is 4.19. The van der Waals surface area contributed by atoms with Crippen molar-refractivity contribution >= 4 is 23.0 Å². The fourth-order valence-corrected chi connectivity index (χ4v) is 1.80. The quantitative estimate of drug-likeness (QED) is 0.532. The van der Waals surface area contributed by atoms with E-state index < -0.39 is 39.5 Å². The summed E-state index contributed by atoms with van der Waals surface area (Å²) in [7, 11) is 0.960. The summed E-state index contributed by atoms with van der Waals surface area (Å²) in [5, 5.41) is 13.5. The van der Waals surface area contributed by atoms with Crippen LogP contribution in [0.15, 0.2) is 36.4 Å². The lowest BCUT2D eigenvalue weighted by Crippen LogP contribution is -2.10. The molecule has 0 saturated carbocycles. The Balaban J connectivity index is 2.60. The van der Waals surface area contributed by atoms with E-state index in [1.54, 1.807) is 18.2 Å². The van der Waals surface area contributed by atoms with Gasteiger partial charge < -0.3 is 10.1 Å². The summed E-state index contributed by atoms with van der Waals surface area (Å²) in [6.07, 6.45) is 0. The molecule has 0 unspecified atom stereocenters. The number of nitrogens with zero attached hydrogens (tertiary/aromatic N) is 1. The van der Waals surface area contributed by atoms with E-state index in [0.29, 0.717) is 11.8 Å². The summed E-state index contributed by atoms with van der Waals surface area (Å²) < 4.78 is 32.3. The number of esters is 1. The van der Waals surface area contributed by atoms with Gasteiger partial charge in [-0.15, -0.1) is 0 Å². The molecule has 22 heavy (non-hydrogen) atoms.